The molecule has 6 heteroatoms. The van der Waals surface area contributed by atoms with Gasteiger partial charge < -0.3 is 4.90 Å². The maximum Gasteiger partial charge on any atom is 0.391 e. The maximum atomic E-state index is 12.9. The van der Waals surface area contributed by atoms with E-state index in [4.69, 9.17) is 0 Å². The fourth-order valence-electron chi connectivity index (χ4n) is 3.57. The number of hydrogen-bond acceptors (Lipinski definition) is 1. The molecule has 0 aromatic carbocycles. The second kappa shape index (κ2) is 7.34. The van der Waals surface area contributed by atoms with Crippen molar-refractivity contribution in [2.24, 2.45) is 11.8 Å². The van der Waals surface area contributed by atoms with Crippen LogP contribution in [0.25, 0.3) is 0 Å². The number of alkyl halides is 4. The first-order chi connectivity index (χ1) is 9.93. The van der Waals surface area contributed by atoms with Gasteiger partial charge in [0.1, 0.15) is 0 Å². The lowest BCUT2D eigenvalue weighted by molar-refractivity contribution is -0.187. The fourth-order valence-corrected chi connectivity index (χ4v) is 4.25. The van der Waals surface area contributed by atoms with Gasteiger partial charge in [-0.15, -0.1) is 0 Å². The van der Waals surface area contributed by atoms with Crippen molar-refractivity contribution >= 4 is 21.8 Å². The molecule has 1 saturated heterocycles. The molecule has 2 aliphatic rings. The van der Waals surface area contributed by atoms with E-state index in [9.17, 15) is 18.0 Å². The predicted molar refractivity (Wildman–Crippen MR) is 79.3 cm³/mol. The number of hydrogen-bond donors (Lipinski definition) is 0. The van der Waals surface area contributed by atoms with Gasteiger partial charge in [-0.25, -0.2) is 0 Å². The van der Waals surface area contributed by atoms with Gasteiger partial charge in [-0.3, -0.25) is 4.79 Å². The van der Waals surface area contributed by atoms with E-state index in [0.29, 0.717) is 24.7 Å². The SMILES string of the molecule is O=C(C1CCCC(C(F)(F)F)C1)N1CCCCCC1CBr. The van der Waals surface area contributed by atoms with E-state index in [1.54, 1.807) is 0 Å². The van der Waals surface area contributed by atoms with E-state index >= 15 is 0 Å². The van der Waals surface area contributed by atoms with Crippen LogP contribution in [0.5, 0.6) is 0 Å². The summed E-state index contributed by atoms with van der Waals surface area (Å²) in [6.07, 6.45) is 1.22. The summed E-state index contributed by atoms with van der Waals surface area (Å²) in [6.45, 7) is 0.697. The summed E-state index contributed by atoms with van der Waals surface area (Å²) in [4.78, 5) is 14.5. The lowest BCUT2D eigenvalue weighted by atomic mass is 9.80. The lowest BCUT2D eigenvalue weighted by Crippen LogP contribution is -2.46. The van der Waals surface area contributed by atoms with Crippen LogP contribution in [-0.2, 0) is 4.79 Å². The number of likely N-dealkylation sites (tertiary alicyclic amines) is 1. The molecule has 0 N–H and O–H groups in total. The molecule has 0 aromatic heterocycles. The summed E-state index contributed by atoms with van der Waals surface area (Å²) >= 11 is 3.45. The zero-order valence-corrected chi connectivity index (χ0v) is 13.8. The van der Waals surface area contributed by atoms with E-state index in [1.807, 2.05) is 4.90 Å². The maximum absolute atomic E-state index is 12.9. The molecule has 2 fully saturated rings. The van der Waals surface area contributed by atoms with Crippen molar-refractivity contribution < 1.29 is 18.0 Å². The Balaban J connectivity index is 2.03. The van der Waals surface area contributed by atoms with Crippen LogP contribution in [-0.4, -0.2) is 34.9 Å². The molecular formula is C15H23BrF3NO. The monoisotopic (exact) mass is 369 g/mol. The second-order valence-corrected chi connectivity index (χ2v) is 6.94. The quantitative estimate of drug-likeness (QED) is 0.655. The van der Waals surface area contributed by atoms with Crippen molar-refractivity contribution in [3.63, 3.8) is 0 Å². The molecule has 1 heterocycles. The molecule has 1 amide bonds. The van der Waals surface area contributed by atoms with Gasteiger partial charge in [0.05, 0.1) is 5.92 Å². The largest absolute Gasteiger partial charge is 0.391 e. The summed E-state index contributed by atoms with van der Waals surface area (Å²) in [5.41, 5.74) is 0. The summed E-state index contributed by atoms with van der Waals surface area (Å²) in [5.74, 6) is -1.78. The molecule has 1 saturated carbocycles. The molecule has 3 atom stereocenters. The van der Waals surface area contributed by atoms with Gasteiger partial charge in [-0.05, 0) is 32.1 Å². The first-order valence-electron chi connectivity index (χ1n) is 7.86. The molecule has 122 valence electrons. The van der Waals surface area contributed by atoms with E-state index in [1.165, 1.54) is 0 Å². The Kier molecular flexibility index (Phi) is 5.97. The van der Waals surface area contributed by atoms with Crippen LogP contribution in [0.1, 0.15) is 51.4 Å². The number of nitrogens with zero attached hydrogens (tertiary/aromatic N) is 1. The normalized spacial score (nSPS) is 31.8. The van der Waals surface area contributed by atoms with Crippen LogP contribution in [0.4, 0.5) is 13.2 Å². The third-order valence-corrected chi connectivity index (χ3v) is 5.57. The first-order valence-corrected chi connectivity index (χ1v) is 8.98. The van der Waals surface area contributed by atoms with Crippen molar-refractivity contribution in [2.45, 2.75) is 63.6 Å². The zero-order chi connectivity index (χ0) is 15.5. The molecule has 0 spiro atoms. The highest BCUT2D eigenvalue weighted by Gasteiger charge is 2.44. The average molecular weight is 370 g/mol. The van der Waals surface area contributed by atoms with E-state index in [2.05, 4.69) is 15.9 Å². The van der Waals surface area contributed by atoms with Crippen molar-refractivity contribution in [2.75, 3.05) is 11.9 Å². The number of rotatable bonds is 2. The smallest absolute Gasteiger partial charge is 0.339 e. The van der Waals surface area contributed by atoms with Crippen LogP contribution in [0.2, 0.25) is 0 Å². The number of carbonyl (C=O) groups is 1. The summed E-state index contributed by atoms with van der Waals surface area (Å²) in [6, 6.07) is 0.145. The Labute approximate surface area is 132 Å². The summed E-state index contributed by atoms with van der Waals surface area (Å²) < 4.78 is 38.7. The second-order valence-electron chi connectivity index (χ2n) is 6.29. The molecule has 21 heavy (non-hydrogen) atoms. The molecule has 1 aliphatic carbocycles. The lowest BCUT2D eigenvalue weighted by Gasteiger charge is -2.36. The van der Waals surface area contributed by atoms with Gasteiger partial charge in [-0.1, -0.05) is 35.2 Å². The van der Waals surface area contributed by atoms with Crippen LogP contribution < -0.4 is 0 Å². The number of carbonyl (C=O) groups excluding carboxylic acids is 1. The summed E-state index contributed by atoms with van der Waals surface area (Å²) in [5, 5.41) is 0.716. The number of halogens is 4. The van der Waals surface area contributed by atoms with Crippen molar-refractivity contribution in [1.29, 1.82) is 0 Å². The average Bonchev–Trinajstić information content (AvgIpc) is 2.70. The van der Waals surface area contributed by atoms with Crippen LogP contribution >= 0.6 is 15.9 Å². The zero-order valence-electron chi connectivity index (χ0n) is 12.2. The van der Waals surface area contributed by atoms with Gasteiger partial charge in [0.2, 0.25) is 5.91 Å². The van der Waals surface area contributed by atoms with Gasteiger partial charge in [0.25, 0.3) is 0 Å². The Morgan fingerprint density at radius 2 is 1.86 bits per heavy atom. The Morgan fingerprint density at radius 3 is 2.52 bits per heavy atom. The Bertz CT molecular complexity index is 361. The fraction of sp³-hybridized carbons (Fsp3) is 0.933. The van der Waals surface area contributed by atoms with Gasteiger partial charge >= 0.3 is 6.18 Å². The molecular weight excluding hydrogens is 347 g/mol. The van der Waals surface area contributed by atoms with Crippen LogP contribution in [0.3, 0.4) is 0 Å². The minimum Gasteiger partial charge on any atom is -0.339 e. The number of amides is 1. The third kappa shape index (κ3) is 4.36. The van der Waals surface area contributed by atoms with E-state index < -0.39 is 18.0 Å². The molecule has 0 bridgehead atoms. The molecule has 2 nitrogen and oxygen atoms in total. The van der Waals surface area contributed by atoms with Crippen LogP contribution in [0.15, 0.2) is 0 Å². The first kappa shape index (κ1) is 17.1. The highest BCUT2D eigenvalue weighted by Crippen LogP contribution is 2.40. The molecule has 1 aliphatic heterocycles. The van der Waals surface area contributed by atoms with Gasteiger partial charge in [-0.2, -0.15) is 13.2 Å². The highest BCUT2D eigenvalue weighted by molar-refractivity contribution is 9.09. The summed E-state index contributed by atoms with van der Waals surface area (Å²) in [7, 11) is 0. The Hall–Kier alpha value is -0.260. The van der Waals surface area contributed by atoms with Crippen LogP contribution in [0, 0.1) is 11.8 Å². The van der Waals surface area contributed by atoms with Gasteiger partial charge in [0, 0.05) is 23.8 Å². The van der Waals surface area contributed by atoms with E-state index in [-0.39, 0.29) is 24.8 Å². The topological polar surface area (TPSA) is 20.3 Å². The van der Waals surface area contributed by atoms with Crippen molar-refractivity contribution in [1.82, 2.24) is 4.90 Å². The minimum absolute atomic E-state index is 0.0200. The van der Waals surface area contributed by atoms with E-state index in [0.717, 1.165) is 25.7 Å². The van der Waals surface area contributed by atoms with Crippen molar-refractivity contribution in [3.8, 4) is 0 Å². The van der Waals surface area contributed by atoms with Crippen molar-refractivity contribution in [3.05, 3.63) is 0 Å². The third-order valence-electron chi connectivity index (χ3n) is 4.82. The molecule has 3 unspecified atom stereocenters. The minimum atomic E-state index is -4.16. The highest BCUT2D eigenvalue weighted by atomic mass is 79.9. The standard InChI is InChI=1S/C15H23BrF3NO/c16-10-13-7-2-1-3-8-20(13)14(21)11-5-4-6-12(9-11)15(17,18)19/h11-13H,1-10H2. The van der Waals surface area contributed by atoms with Gasteiger partial charge in [0.15, 0.2) is 0 Å². The molecule has 0 aromatic rings. The predicted octanol–water partition coefficient (Wildman–Crippen LogP) is 4.52. The Morgan fingerprint density at radius 1 is 1.10 bits per heavy atom. The molecule has 2 rings (SSSR count). The molecule has 0 radical (unpaired) electrons.